The highest BCUT2D eigenvalue weighted by atomic mass is 16.5. The highest BCUT2D eigenvalue weighted by Crippen LogP contribution is 2.14. The van der Waals surface area contributed by atoms with Gasteiger partial charge in [-0.25, -0.2) is 9.78 Å². The molecule has 0 amide bonds. The Morgan fingerprint density at radius 2 is 2.25 bits per heavy atom. The Balaban J connectivity index is 2.72. The molecule has 1 N–H and O–H groups in total. The third-order valence-corrected chi connectivity index (χ3v) is 2.16. The van der Waals surface area contributed by atoms with E-state index in [-0.39, 0.29) is 5.76 Å². The van der Waals surface area contributed by atoms with Crippen LogP contribution >= 0.6 is 0 Å². The largest absolute Gasteiger partial charge is 0.475 e. The number of aromatic nitrogens is 1. The number of aromatic carboxylic acids is 1. The smallest absolute Gasteiger partial charge is 0.373 e. The Morgan fingerprint density at radius 1 is 1.50 bits per heavy atom. The second-order valence-corrected chi connectivity index (χ2v) is 3.53. The van der Waals surface area contributed by atoms with E-state index in [0.29, 0.717) is 31.0 Å². The number of oxazole rings is 1. The van der Waals surface area contributed by atoms with E-state index in [1.54, 1.807) is 7.11 Å². The van der Waals surface area contributed by atoms with Gasteiger partial charge in [-0.2, -0.15) is 0 Å². The number of hydrogen-bond donors (Lipinski definition) is 1. The highest BCUT2D eigenvalue weighted by Gasteiger charge is 2.18. The van der Waals surface area contributed by atoms with Crippen molar-refractivity contribution in [3.8, 4) is 0 Å². The second kappa shape index (κ2) is 6.27. The summed E-state index contributed by atoms with van der Waals surface area (Å²) in [7, 11) is 1.63. The fourth-order valence-electron chi connectivity index (χ4n) is 1.45. The maximum Gasteiger partial charge on any atom is 0.373 e. The molecule has 0 aromatic carbocycles. The summed E-state index contributed by atoms with van der Waals surface area (Å²) in [6, 6.07) is 0. The summed E-state index contributed by atoms with van der Waals surface area (Å²) in [6.07, 6.45) is 2.87. The number of carboxylic acid groups (broad SMARTS) is 1. The van der Waals surface area contributed by atoms with Gasteiger partial charge in [-0.15, -0.1) is 0 Å². The SMILES string of the molecule is CCCc1nc(CCCOC)oc1C(=O)O. The van der Waals surface area contributed by atoms with Gasteiger partial charge in [0.15, 0.2) is 5.89 Å². The fourth-order valence-corrected chi connectivity index (χ4v) is 1.45. The average molecular weight is 227 g/mol. The lowest BCUT2D eigenvalue weighted by atomic mass is 10.2. The van der Waals surface area contributed by atoms with Gasteiger partial charge in [0.2, 0.25) is 5.76 Å². The van der Waals surface area contributed by atoms with Gasteiger partial charge < -0.3 is 14.3 Å². The molecule has 5 heteroatoms. The van der Waals surface area contributed by atoms with E-state index in [2.05, 4.69) is 4.98 Å². The molecule has 16 heavy (non-hydrogen) atoms. The molecule has 0 radical (unpaired) electrons. The van der Waals surface area contributed by atoms with Crippen molar-refractivity contribution in [2.45, 2.75) is 32.6 Å². The van der Waals surface area contributed by atoms with Crippen molar-refractivity contribution in [2.24, 2.45) is 0 Å². The van der Waals surface area contributed by atoms with Crippen LogP contribution in [0.25, 0.3) is 0 Å². The van der Waals surface area contributed by atoms with Crippen molar-refractivity contribution >= 4 is 5.97 Å². The first-order chi connectivity index (χ1) is 7.69. The molecule has 0 aliphatic rings. The van der Waals surface area contributed by atoms with E-state index < -0.39 is 5.97 Å². The van der Waals surface area contributed by atoms with Gasteiger partial charge in [-0.3, -0.25) is 0 Å². The highest BCUT2D eigenvalue weighted by molar-refractivity contribution is 5.85. The summed E-state index contributed by atoms with van der Waals surface area (Å²) in [5.41, 5.74) is 0.544. The Kier molecular flexibility index (Phi) is 4.98. The van der Waals surface area contributed by atoms with Crippen LogP contribution in [-0.4, -0.2) is 29.8 Å². The zero-order valence-electron chi connectivity index (χ0n) is 9.65. The summed E-state index contributed by atoms with van der Waals surface area (Å²) in [4.78, 5) is 15.1. The number of methoxy groups -OCH3 is 1. The Hall–Kier alpha value is -1.36. The number of aryl methyl sites for hydroxylation is 2. The Labute approximate surface area is 94.4 Å². The molecule has 1 heterocycles. The molecule has 1 aromatic rings. The van der Waals surface area contributed by atoms with Gasteiger partial charge in [-0.05, 0) is 12.8 Å². The molecule has 0 saturated heterocycles. The fraction of sp³-hybridized carbons (Fsp3) is 0.636. The standard InChI is InChI=1S/C11H17NO4/c1-3-5-8-10(11(13)14)16-9(12-8)6-4-7-15-2/h3-7H2,1-2H3,(H,13,14). The Morgan fingerprint density at radius 3 is 2.81 bits per heavy atom. The lowest BCUT2D eigenvalue weighted by Crippen LogP contribution is -1.99. The molecule has 1 aromatic heterocycles. The molecule has 0 atom stereocenters. The lowest BCUT2D eigenvalue weighted by Gasteiger charge is -1.94. The van der Waals surface area contributed by atoms with Crippen LogP contribution in [-0.2, 0) is 17.6 Å². The number of hydrogen-bond acceptors (Lipinski definition) is 4. The average Bonchev–Trinajstić information content (AvgIpc) is 2.62. The molecule has 0 bridgehead atoms. The number of carbonyl (C=O) groups is 1. The van der Waals surface area contributed by atoms with Gasteiger partial charge in [0, 0.05) is 20.1 Å². The van der Waals surface area contributed by atoms with Gasteiger partial charge in [-0.1, -0.05) is 13.3 Å². The molecule has 90 valence electrons. The van der Waals surface area contributed by atoms with Crippen molar-refractivity contribution in [3.63, 3.8) is 0 Å². The quantitative estimate of drug-likeness (QED) is 0.720. The molecule has 0 spiro atoms. The van der Waals surface area contributed by atoms with Crippen molar-refractivity contribution in [2.75, 3.05) is 13.7 Å². The molecule has 5 nitrogen and oxygen atoms in total. The van der Waals surface area contributed by atoms with E-state index in [0.717, 1.165) is 12.8 Å². The van der Waals surface area contributed by atoms with Crippen molar-refractivity contribution < 1.29 is 19.1 Å². The monoisotopic (exact) mass is 227 g/mol. The summed E-state index contributed by atoms with van der Waals surface area (Å²) >= 11 is 0. The minimum absolute atomic E-state index is 0.0192. The number of carboxylic acids is 1. The lowest BCUT2D eigenvalue weighted by molar-refractivity contribution is 0.0658. The number of nitrogens with zero attached hydrogens (tertiary/aromatic N) is 1. The first kappa shape index (κ1) is 12.7. The predicted octanol–water partition coefficient (Wildman–Crippen LogP) is 1.90. The minimum Gasteiger partial charge on any atom is -0.475 e. The van der Waals surface area contributed by atoms with E-state index in [1.807, 2.05) is 6.92 Å². The van der Waals surface area contributed by atoms with Gasteiger partial charge in [0.05, 0.1) is 5.69 Å². The van der Waals surface area contributed by atoms with Crippen LogP contribution in [0.5, 0.6) is 0 Å². The third-order valence-electron chi connectivity index (χ3n) is 2.16. The van der Waals surface area contributed by atoms with Gasteiger partial charge in [0.1, 0.15) is 0 Å². The normalized spacial score (nSPS) is 10.6. The summed E-state index contributed by atoms with van der Waals surface area (Å²) in [6.45, 7) is 2.60. The second-order valence-electron chi connectivity index (χ2n) is 3.53. The first-order valence-electron chi connectivity index (χ1n) is 5.39. The molecule has 1 rings (SSSR count). The molecule has 0 aliphatic carbocycles. The van der Waals surface area contributed by atoms with Crippen molar-refractivity contribution in [1.82, 2.24) is 4.98 Å². The molecule has 0 aliphatic heterocycles. The molecule has 0 unspecified atom stereocenters. The van der Waals surface area contributed by atoms with E-state index in [9.17, 15) is 4.79 Å². The van der Waals surface area contributed by atoms with E-state index in [1.165, 1.54) is 0 Å². The van der Waals surface area contributed by atoms with Crippen LogP contribution in [0.4, 0.5) is 0 Å². The molecular weight excluding hydrogens is 210 g/mol. The number of ether oxygens (including phenoxy) is 1. The van der Waals surface area contributed by atoms with Gasteiger partial charge >= 0.3 is 5.97 Å². The topological polar surface area (TPSA) is 72.6 Å². The summed E-state index contributed by atoms with van der Waals surface area (Å²) in [5.74, 6) is -0.582. The molecule has 0 saturated carbocycles. The van der Waals surface area contributed by atoms with Crippen molar-refractivity contribution in [1.29, 1.82) is 0 Å². The zero-order valence-corrected chi connectivity index (χ0v) is 9.65. The summed E-state index contributed by atoms with van der Waals surface area (Å²) in [5, 5.41) is 8.92. The Bertz CT molecular complexity index is 346. The third kappa shape index (κ3) is 3.34. The van der Waals surface area contributed by atoms with Crippen molar-refractivity contribution in [3.05, 3.63) is 17.3 Å². The van der Waals surface area contributed by atoms with Crippen LogP contribution in [0.2, 0.25) is 0 Å². The first-order valence-corrected chi connectivity index (χ1v) is 5.39. The van der Waals surface area contributed by atoms with Crippen LogP contribution in [0.1, 0.15) is 41.9 Å². The molecular formula is C11H17NO4. The van der Waals surface area contributed by atoms with Crippen LogP contribution < -0.4 is 0 Å². The molecule has 0 fully saturated rings. The maximum atomic E-state index is 10.9. The van der Waals surface area contributed by atoms with Gasteiger partial charge in [0.25, 0.3) is 0 Å². The van der Waals surface area contributed by atoms with Crippen LogP contribution in [0.3, 0.4) is 0 Å². The summed E-state index contributed by atoms with van der Waals surface area (Å²) < 4.78 is 10.1. The van der Waals surface area contributed by atoms with Crippen LogP contribution in [0.15, 0.2) is 4.42 Å². The zero-order chi connectivity index (χ0) is 12.0. The van der Waals surface area contributed by atoms with Crippen LogP contribution in [0, 0.1) is 0 Å². The van der Waals surface area contributed by atoms with E-state index in [4.69, 9.17) is 14.3 Å². The predicted molar refractivity (Wildman–Crippen MR) is 57.7 cm³/mol. The minimum atomic E-state index is -1.05. The maximum absolute atomic E-state index is 10.9. The van der Waals surface area contributed by atoms with E-state index >= 15 is 0 Å². The number of rotatable bonds is 7.